The Bertz CT molecular complexity index is 317. The molecular formula is C11H13F2NO. The topological polar surface area (TPSA) is 21.3 Å². The summed E-state index contributed by atoms with van der Waals surface area (Å²) in [5, 5.41) is 3.24. The maximum Gasteiger partial charge on any atom is 0.129 e. The van der Waals surface area contributed by atoms with Crippen molar-refractivity contribution in [1.29, 1.82) is 0 Å². The Balaban J connectivity index is 1.92. The lowest BCUT2D eigenvalue weighted by Crippen LogP contribution is -2.28. The van der Waals surface area contributed by atoms with E-state index in [-0.39, 0.29) is 5.75 Å². The lowest BCUT2D eigenvalue weighted by molar-refractivity contribution is 0.274. The van der Waals surface area contributed by atoms with E-state index in [4.69, 9.17) is 4.74 Å². The highest BCUT2D eigenvalue weighted by Gasteiger charge is 2.14. The van der Waals surface area contributed by atoms with Crippen molar-refractivity contribution in [2.75, 3.05) is 13.2 Å². The zero-order valence-electron chi connectivity index (χ0n) is 8.30. The summed E-state index contributed by atoms with van der Waals surface area (Å²) in [5.74, 6) is -0.963. The van der Waals surface area contributed by atoms with Crippen molar-refractivity contribution in [3.05, 3.63) is 29.8 Å². The fourth-order valence-electron chi connectivity index (χ4n) is 1.71. The minimum Gasteiger partial charge on any atom is -0.492 e. The van der Waals surface area contributed by atoms with Gasteiger partial charge in [0.15, 0.2) is 0 Å². The number of benzene rings is 1. The van der Waals surface area contributed by atoms with Gasteiger partial charge in [0.25, 0.3) is 0 Å². The van der Waals surface area contributed by atoms with Gasteiger partial charge >= 0.3 is 0 Å². The van der Waals surface area contributed by atoms with Crippen molar-refractivity contribution in [2.24, 2.45) is 0 Å². The third-order valence-electron chi connectivity index (χ3n) is 2.45. The molecule has 1 aromatic rings. The summed E-state index contributed by atoms with van der Waals surface area (Å²) in [5.41, 5.74) is 0. The first-order valence-corrected chi connectivity index (χ1v) is 5.06. The molecule has 82 valence electrons. The van der Waals surface area contributed by atoms with Crippen LogP contribution in [-0.4, -0.2) is 19.2 Å². The summed E-state index contributed by atoms with van der Waals surface area (Å²) in [6.07, 6.45) is 2.18. The van der Waals surface area contributed by atoms with Gasteiger partial charge in [-0.1, -0.05) is 0 Å². The highest BCUT2D eigenvalue weighted by atomic mass is 19.1. The van der Waals surface area contributed by atoms with Crippen molar-refractivity contribution in [3.8, 4) is 5.75 Å². The molecule has 1 aliphatic heterocycles. The molecule has 2 nitrogen and oxygen atoms in total. The minimum atomic E-state index is -0.607. The van der Waals surface area contributed by atoms with Crippen LogP contribution in [0.1, 0.15) is 12.8 Å². The Morgan fingerprint density at radius 2 is 2.00 bits per heavy atom. The Hall–Kier alpha value is -1.16. The van der Waals surface area contributed by atoms with Crippen LogP contribution >= 0.6 is 0 Å². The standard InChI is InChI=1S/C11H13F2NO/c12-8-4-9(13)6-11(5-8)15-7-10-2-1-3-14-10/h4-6,10,14H,1-3,7H2/t10-/m1/s1. The number of ether oxygens (including phenoxy) is 1. The minimum absolute atomic E-state index is 0.251. The maximum atomic E-state index is 12.8. The van der Waals surface area contributed by atoms with Gasteiger partial charge in [0, 0.05) is 24.2 Å². The molecule has 2 rings (SSSR count). The number of halogens is 2. The monoisotopic (exact) mass is 213 g/mol. The van der Waals surface area contributed by atoms with Gasteiger partial charge in [-0.15, -0.1) is 0 Å². The van der Waals surface area contributed by atoms with Crippen molar-refractivity contribution in [2.45, 2.75) is 18.9 Å². The SMILES string of the molecule is Fc1cc(F)cc(OC[C@H]2CCCN2)c1. The van der Waals surface area contributed by atoms with Crippen LogP contribution < -0.4 is 10.1 Å². The van der Waals surface area contributed by atoms with Crippen molar-refractivity contribution in [1.82, 2.24) is 5.32 Å². The summed E-state index contributed by atoms with van der Waals surface area (Å²) in [7, 11) is 0. The quantitative estimate of drug-likeness (QED) is 0.830. The highest BCUT2D eigenvalue weighted by Crippen LogP contribution is 2.16. The average molecular weight is 213 g/mol. The first kappa shape index (κ1) is 10.4. The van der Waals surface area contributed by atoms with Gasteiger partial charge in [-0.25, -0.2) is 8.78 Å². The van der Waals surface area contributed by atoms with Gasteiger partial charge in [0.05, 0.1) is 0 Å². The van der Waals surface area contributed by atoms with E-state index >= 15 is 0 Å². The Morgan fingerprint density at radius 1 is 1.27 bits per heavy atom. The number of hydrogen-bond donors (Lipinski definition) is 1. The number of nitrogens with one attached hydrogen (secondary N) is 1. The molecule has 1 N–H and O–H groups in total. The van der Waals surface area contributed by atoms with E-state index in [1.807, 2.05) is 0 Å². The zero-order chi connectivity index (χ0) is 10.7. The van der Waals surface area contributed by atoms with Crippen LogP contribution in [0, 0.1) is 11.6 Å². The predicted octanol–water partition coefficient (Wildman–Crippen LogP) is 2.10. The van der Waals surface area contributed by atoms with E-state index in [9.17, 15) is 8.78 Å². The molecule has 0 saturated carbocycles. The fourth-order valence-corrected chi connectivity index (χ4v) is 1.71. The van der Waals surface area contributed by atoms with Gasteiger partial charge in [-0.3, -0.25) is 0 Å². The van der Waals surface area contributed by atoms with Gasteiger partial charge < -0.3 is 10.1 Å². The summed E-state index contributed by atoms with van der Waals surface area (Å²) in [4.78, 5) is 0. The second-order valence-corrected chi connectivity index (χ2v) is 3.71. The second-order valence-electron chi connectivity index (χ2n) is 3.71. The average Bonchev–Trinajstić information content (AvgIpc) is 2.65. The molecule has 0 aromatic heterocycles. The zero-order valence-corrected chi connectivity index (χ0v) is 8.30. The molecule has 0 aliphatic carbocycles. The Kier molecular flexibility index (Phi) is 3.16. The maximum absolute atomic E-state index is 12.8. The van der Waals surface area contributed by atoms with Gasteiger partial charge in [0.2, 0.25) is 0 Å². The van der Waals surface area contributed by atoms with Gasteiger partial charge in [-0.05, 0) is 19.4 Å². The van der Waals surface area contributed by atoms with Crippen LogP contribution in [0.4, 0.5) is 8.78 Å². The van der Waals surface area contributed by atoms with Crippen LogP contribution in [0.5, 0.6) is 5.75 Å². The molecule has 1 atom stereocenters. The summed E-state index contributed by atoms with van der Waals surface area (Å²) < 4.78 is 30.9. The Morgan fingerprint density at radius 3 is 2.60 bits per heavy atom. The van der Waals surface area contributed by atoms with Gasteiger partial charge in [0.1, 0.15) is 24.0 Å². The molecule has 0 amide bonds. The molecule has 15 heavy (non-hydrogen) atoms. The molecule has 0 spiro atoms. The number of hydrogen-bond acceptors (Lipinski definition) is 2. The van der Waals surface area contributed by atoms with E-state index < -0.39 is 11.6 Å². The molecule has 1 saturated heterocycles. The van der Waals surface area contributed by atoms with Crippen molar-refractivity contribution < 1.29 is 13.5 Å². The molecule has 1 aliphatic rings. The summed E-state index contributed by atoms with van der Waals surface area (Å²) in [6, 6.07) is 3.52. The molecule has 1 aromatic carbocycles. The lowest BCUT2D eigenvalue weighted by atomic mass is 10.2. The van der Waals surface area contributed by atoms with Crippen LogP contribution in [0.2, 0.25) is 0 Å². The first-order chi connectivity index (χ1) is 7.24. The van der Waals surface area contributed by atoms with E-state index in [0.29, 0.717) is 12.6 Å². The van der Waals surface area contributed by atoms with E-state index in [2.05, 4.69) is 5.32 Å². The first-order valence-electron chi connectivity index (χ1n) is 5.06. The molecule has 0 radical (unpaired) electrons. The van der Waals surface area contributed by atoms with Crippen molar-refractivity contribution in [3.63, 3.8) is 0 Å². The van der Waals surface area contributed by atoms with E-state index in [1.54, 1.807) is 0 Å². The molecule has 4 heteroatoms. The van der Waals surface area contributed by atoms with E-state index in [0.717, 1.165) is 25.5 Å². The molecule has 1 heterocycles. The van der Waals surface area contributed by atoms with Crippen molar-refractivity contribution >= 4 is 0 Å². The highest BCUT2D eigenvalue weighted by molar-refractivity contribution is 5.23. The third-order valence-corrected chi connectivity index (χ3v) is 2.45. The summed E-state index contributed by atoms with van der Waals surface area (Å²) in [6.45, 7) is 1.45. The normalized spacial score (nSPS) is 20.5. The van der Waals surface area contributed by atoms with Crippen LogP contribution in [0.3, 0.4) is 0 Å². The number of rotatable bonds is 3. The fraction of sp³-hybridized carbons (Fsp3) is 0.455. The molecule has 1 fully saturated rings. The van der Waals surface area contributed by atoms with Gasteiger partial charge in [-0.2, -0.15) is 0 Å². The smallest absolute Gasteiger partial charge is 0.129 e. The molecule has 0 unspecified atom stereocenters. The van der Waals surface area contributed by atoms with E-state index in [1.165, 1.54) is 12.1 Å². The van der Waals surface area contributed by atoms with Crippen LogP contribution in [0.25, 0.3) is 0 Å². The largest absolute Gasteiger partial charge is 0.492 e. The summed E-state index contributed by atoms with van der Waals surface area (Å²) >= 11 is 0. The second kappa shape index (κ2) is 4.57. The lowest BCUT2D eigenvalue weighted by Gasteiger charge is -2.12. The third kappa shape index (κ3) is 2.89. The van der Waals surface area contributed by atoms with Crippen LogP contribution in [-0.2, 0) is 0 Å². The molecular weight excluding hydrogens is 200 g/mol. The predicted molar refractivity (Wildman–Crippen MR) is 52.9 cm³/mol. The van der Waals surface area contributed by atoms with Crippen LogP contribution in [0.15, 0.2) is 18.2 Å². The Labute approximate surface area is 87.2 Å². The molecule has 0 bridgehead atoms.